The Balaban J connectivity index is 1.66. The number of methoxy groups -OCH3 is 1. The van der Waals surface area contributed by atoms with E-state index in [2.05, 4.69) is 30.1 Å². The number of anilines is 2. The first-order chi connectivity index (χ1) is 11.6. The molecule has 2 aliphatic heterocycles. The average Bonchev–Trinajstić information content (AvgIpc) is 3.01. The van der Waals surface area contributed by atoms with Crippen LogP contribution in [-0.4, -0.2) is 49.6 Å². The van der Waals surface area contributed by atoms with E-state index in [1.54, 1.807) is 7.11 Å². The van der Waals surface area contributed by atoms with Crippen molar-refractivity contribution in [2.24, 2.45) is 0 Å². The van der Waals surface area contributed by atoms with Gasteiger partial charge < -0.3 is 19.9 Å². The summed E-state index contributed by atoms with van der Waals surface area (Å²) in [6.07, 6.45) is 3.88. The lowest BCUT2D eigenvalue weighted by molar-refractivity contribution is -0.117. The van der Waals surface area contributed by atoms with Crippen molar-refractivity contribution in [3.05, 3.63) is 18.2 Å². The Bertz CT molecular complexity index is 580. The average molecular weight is 331 g/mol. The predicted octanol–water partition coefficient (Wildman–Crippen LogP) is 3.11. The van der Waals surface area contributed by atoms with E-state index in [9.17, 15) is 4.79 Å². The van der Waals surface area contributed by atoms with Crippen molar-refractivity contribution < 1.29 is 9.53 Å². The highest BCUT2D eigenvalue weighted by atomic mass is 16.5. The standard InChI is InChI=1S/C19H29N3O2/c1-14(2)21-11-8-15(9-12-21)20-16-6-7-17(18(13-16)24-3)22-10-4-5-19(22)23/h6-7,13-15,20H,4-5,8-12H2,1-3H3. The topological polar surface area (TPSA) is 44.8 Å². The van der Waals surface area contributed by atoms with Crippen molar-refractivity contribution in [3.8, 4) is 5.75 Å². The fourth-order valence-electron chi connectivity index (χ4n) is 3.69. The first kappa shape index (κ1) is 17.1. The van der Waals surface area contributed by atoms with Crippen LogP contribution >= 0.6 is 0 Å². The van der Waals surface area contributed by atoms with Gasteiger partial charge in [0.2, 0.25) is 5.91 Å². The minimum Gasteiger partial charge on any atom is -0.494 e. The minimum absolute atomic E-state index is 0.190. The summed E-state index contributed by atoms with van der Waals surface area (Å²) in [6, 6.07) is 7.23. The molecule has 24 heavy (non-hydrogen) atoms. The molecule has 1 aromatic rings. The van der Waals surface area contributed by atoms with E-state index >= 15 is 0 Å². The SMILES string of the molecule is COc1cc(NC2CCN(C(C)C)CC2)ccc1N1CCCC1=O. The predicted molar refractivity (Wildman–Crippen MR) is 97.9 cm³/mol. The summed E-state index contributed by atoms with van der Waals surface area (Å²) < 4.78 is 5.54. The summed E-state index contributed by atoms with van der Waals surface area (Å²) in [5.41, 5.74) is 1.96. The third-order valence-corrected chi connectivity index (χ3v) is 5.17. The Hall–Kier alpha value is -1.75. The maximum Gasteiger partial charge on any atom is 0.227 e. The van der Waals surface area contributed by atoms with E-state index < -0.39 is 0 Å². The maximum atomic E-state index is 12.0. The fraction of sp³-hybridized carbons (Fsp3) is 0.632. The molecule has 0 unspecified atom stereocenters. The van der Waals surface area contributed by atoms with Crippen LogP contribution in [0.15, 0.2) is 18.2 Å². The highest BCUT2D eigenvalue weighted by Crippen LogP contribution is 2.34. The quantitative estimate of drug-likeness (QED) is 0.900. The lowest BCUT2D eigenvalue weighted by Crippen LogP contribution is -2.42. The number of nitrogens with one attached hydrogen (secondary N) is 1. The smallest absolute Gasteiger partial charge is 0.227 e. The normalized spacial score (nSPS) is 20.0. The van der Waals surface area contributed by atoms with Crippen LogP contribution in [0.4, 0.5) is 11.4 Å². The third-order valence-electron chi connectivity index (χ3n) is 5.17. The van der Waals surface area contributed by atoms with Gasteiger partial charge in [0.25, 0.3) is 0 Å². The molecule has 0 radical (unpaired) electrons. The Morgan fingerprint density at radius 2 is 1.96 bits per heavy atom. The minimum atomic E-state index is 0.190. The maximum absolute atomic E-state index is 12.0. The number of benzene rings is 1. The van der Waals surface area contributed by atoms with E-state index in [4.69, 9.17) is 4.74 Å². The molecule has 1 N–H and O–H groups in total. The lowest BCUT2D eigenvalue weighted by atomic mass is 10.0. The van der Waals surface area contributed by atoms with Crippen LogP contribution < -0.4 is 15.0 Å². The van der Waals surface area contributed by atoms with Crippen molar-refractivity contribution >= 4 is 17.3 Å². The molecule has 0 bridgehead atoms. The van der Waals surface area contributed by atoms with Gasteiger partial charge in [-0.15, -0.1) is 0 Å². The summed E-state index contributed by atoms with van der Waals surface area (Å²) in [6.45, 7) is 7.60. The number of likely N-dealkylation sites (tertiary alicyclic amines) is 1. The molecule has 0 atom stereocenters. The van der Waals surface area contributed by atoms with Crippen LogP contribution in [0.3, 0.4) is 0 Å². The molecule has 2 fully saturated rings. The molecule has 2 saturated heterocycles. The fourth-order valence-corrected chi connectivity index (χ4v) is 3.69. The number of carbonyl (C=O) groups excluding carboxylic acids is 1. The highest BCUT2D eigenvalue weighted by molar-refractivity contribution is 5.97. The zero-order valence-corrected chi connectivity index (χ0v) is 15.0. The summed E-state index contributed by atoms with van der Waals surface area (Å²) >= 11 is 0. The second-order valence-corrected chi connectivity index (χ2v) is 7.08. The molecular weight excluding hydrogens is 302 g/mol. The Morgan fingerprint density at radius 3 is 2.54 bits per heavy atom. The van der Waals surface area contributed by atoms with Gasteiger partial charge in [-0.05, 0) is 45.2 Å². The molecule has 2 heterocycles. The number of amides is 1. The number of carbonyl (C=O) groups is 1. The lowest BCUT2D eigenvalue weighted by Gasteiger charge is -2.35. The molecule has 1 amide bonds. The van der Waals surface area contributed by atoms with E-state index in [-0.39, 0.29) is 5.91 Å². The number of hydrogen-bond donors (Lipinski definition) is 1. The van der Waals surface area contributed by atoms with Gasteiger partial charge in [0.1, 0.15) is 5.75 Å². The Kier molecular flexibility index (Phi) is 5.29. The van der Waals surface area contributed by atoms with Crippen molar-refractivity contribution in [2.75, 3.05) is 37.0 Å². The highest BCUT2D eigenvalue weighted by Gasteiger charge is 2.25. The molecule has 0 aromatic heterocycles. The Labute approximate surface area is 145 Å². The summed E-state index contributed by atoms with van der Waals surface area (Å²) in [5.74, 6) is 0.963. The molecule has 0 aliphatic carbocycles. The van der Waals surface area contributed by atoms with Crippen LogP contribution in [0, 0.1) is 0 Å². The number of nitrogens with zero attached hydrogens (tertiary/aromatic N) is 2. The van der Waals surface area contributed by atoms with Crippen LogP contribution in [0.1, 0.15) is 39.5 Å². The second kappa shape index (κ2) is 7.43. The van der Waals surface area contributed by atoms with Gasteiger partial charge in [-0.2, -0.15) is 0 Å². The van der Waals surface area contributed by atoms with Gasteiger partial charge in [0, 0.05) is 49.9 Å². The molecule has 0 spiro atoms. The van der Waals surface area contributed by atoms with Crippen LogP contribution in [0.25, 0.3) is 0 Å². The van der Waals surface area contributed by atoms with Crippen molar-refractivity contribution in [1.82, 2.24) is 4.90 Å². The van der Waals surface area contributed by atoms with E-state index in [0.717, 1.165) is 56.0 Å². The van der Waals surface area contributed by atoms with Crippen LogP contribution in [0.5, 0.6) is 5.75 Å². The zero-order chi connectivity index (χ0) is 17.1. The molecule has 3 rings (SSSR count). The zero-order valence-electron chi connectivity index (χ0n) is 15.0. The molecule has 5 heteroatoms. The van der Waals surface area contributed by atoms with Crippen LogP contribution in [0.2, 0.25) is 0 Å². The van der Waals surface area contributed by atoms with E-state index in [1.165, 1.54) is 0 Å². The van der Waals surface area contributed by atoms with Gasteiger partial charge in [-0.1, -0.05) is 0 Å². The van der Waals surface area contributed by atoms with Crippen molar-refractivity contribution in [3.63, 3.8) is 0 Å². The second-order valence-electron chi connectivity index (χ2n) is 7.08. The molecule has 1 aromatic carbocycles. The van der Waals surface area contributed by atoms with Gasteiger partial charge in [-0.25, -0.2) is 0 Å². The summed E-state index contributed by atoms with van der Waals surface area (Å²) in [4.78, 5) is 16.3. The van der Waals surface area contributed by atoms with Crippen molar-refractivity contribution in [2.45, 2.75) is 51.6 Å². The van der Waals surface area contributed by atoms with Crippen molar-refractivity contribution in [1.29, 1.82) is 0 Å². The molecule has 5 nitrogen and oxygen atoms in total. The van der Waals surface area contributed by atoms with E-state index in [0.29, 0.717) is 18.5 Å². The number of rotatable bonds is 5. The molecule has 0 saturated carbocycles. The van der Waals surface area contributed by atoms with E-state index in [1.807, 2.05) is 17.0 Å². The Morgan fingerprint density at radius 1 is 1.21 bits per heavy atom. The largest absolute Gasteiger partial charge is 0.494 e. The van der Waals surface area contributed by atoms with Crippen LogP contribution in [-0.2, 0) is 4.79 Å². The number of ether oxygens (including phenoxy) is 1. The van der Waals surface area contributed by atoms with Gasteiger partial charge in [-0.3, -0.25) is 4.79 Å². The molecule has 2 aliphatic rings. The molecular formula is C19H29N3O2. The summed E-state index contributed by atoms with van der Waals surface area (Å²) in [5, 5.41) is 3.63. The number of hydrogen-bond acceptors (Lipinski definition) is 4. The van der Waals surface area contributed by atoms with Gasteiger partial charge >= 0.3 is 0 Å². The first-order valence-electron chi connectivity index (χ1n) is 9.07. The van der Waals surface area contributed by atoms with Gasteiger partial charge in [0.15, 0.2) is 0 Å². The third kappa shape index (κ3) is 3.66. The summed E-state index contributed by atoms with van der Waals surface area (Å²) in [7, 11) is 1.67. The van der Waals surface area contributed by atoms with Gasteiger partial charge in [0.05, 0.1) is 12.8 Å². The molecule has 132 valence electrons. The number of piperidine rings is 1. The first-order valence-corrected chi connectivity index (χ1v) is 9.07. The monoisotopic (exact) mass is 331 g/mol.